The Balaban J connectivity index is 1.77. The van der Waals surface area contributed by atoms with Crippen LogP contribution in [0.25, 0.3) is 11.4 Å². The summed E-state index contributed by atoms with van der Waals surface area (Å²) in [6.45, 7) is 6.58. The van der Waals surface area contributed by atoms with Crippen LogP contribution >= 0.6 is 11.8 Å². The van der Waals surface area contributed by atoms with E-state index in [1.807, 2.05) is 67.9 Å². The summed E-state index contributed by atoms with van der Waals surface area (Å²) in [6, 6.07) is 17.9. The maximum atomic E-state index is 13.0. The quantitative estimate of drug-likeness (QED) is 0.598. The molecule has 0 spiro atoms. The minimum absolute atomic E-state index is 0.0635. The number of carbonyl (C=O) groups excluding carboxylic acids is 1. The van der Waals surface area contributed by atoms with Gasteiger partial charge in [0.2, 0.25) is 5.91 Å². The summed E-state index contributed by atoms with van der Waals surface area (Å²) >= 11 is 1.43. The monoisotopic (exact) mass is 380 g/mol. The van der Waals surface area contributed by atoms with Crippen molar-refractivity contribution in [2.24, 2.45) is 7.05 Å². The van der Waals surface area contributed by atoms with Gasteiger partial charge in [-0.3, -0.25) is 4.79 Å². The number of para-hydroxylation sites is 1. The maximum absolute atomic E-state index is 13.0. The van der Waals surface area contributed by atoms with Crippen LogP contribution in [-0.2, 0) is 11.8 Å². The third-order valence-electron chi connectivity index (χ3n) is 4.42. The number of thioether (sulfide) groups is 1. The van der Waals surface area contributed by atoms with Crippen molar-refractivity contribution in [3.05, 3.63) is 60.2 Å². The Bertz CT molecular complexity index is 906. The minimum Gasteiger partial charge on any atom is -0.312 e. The molecule has 0 aliphatic heterocycles. The molecule has 0 saturated heterocycles. The fourth-order valence-electron chi connectivity index (χ4n) is 2.87. The molecule has 1 amide bonds. The van der Waals surface area contributed by atoms with Crippen molar-refractivity contribution in [2.45, 2.75) is 31.2 Å². The molecular weight excluding hydrogens is 356 g/mol. The molecule has 0 N–H and O–H groups in total. The fraction of sp³-hybridized carbons (Fsp3) is 0.286. The van der Waals surface area contributed by atoms with E-state index in [2.05, 4.69) is 29.3 Å². The van der Waals surface area contributed by atoms with E-state index in [9.17, 15) is 4.79 Å². The lowest BCUT2D eigenvalue weighted by molar-refractivity contribution is -0.117. The number of hydrogen-bond acceptors (Lipinski definition) is 4. The van der Waals surface area contributed by atoms with Crippen molar-refractivity contribution in [1.29, 1.82) is 0 Å². The van der Waals surface area contributed by atoms with E-state index in [1.165, 1.54) is 17.3 Å². The first-order chi connectivity index (χ1) is 13.0. The highest BCUT2D eigenvalue weighted by molar-refractivity contribution is 8.00. The Morgan fingerprint density at radius 3 is 2.41 bits per heavy atom. The fourth-order valence-corrected chi connectivity index (χ4v) is 3.75. The third-order valence-corrected chi connectivity index (χ3v) is 5.55. The average Bonchev–Trinajstić information content (AvgIpc) is 3.04. The largest absolute Gasteiger partial charge is 0.312 e. The summed E-state index contributed by atoms with van der Waals surface area (Å²) < 4.78 is 1.94. The SMILES string of the molecule is CCN(C(=O)C(C)Sc1nnc(-c2ccc(C)cc2)n1C)c1ccccc1. The van der Waals surface area contributed by atoms with Crippen LogP contribution in [0.5, 0.6) is 0 Å². The Labute approximate surface area is 164 Å². The van der Waals surface area contributed by atoms with E-state index < -0.39 is 0 Å². The van der Waals surface area contributed by atoms with E-state index in [-0.39, 0.29) is 11.2 Å². The average molecular weight is 381 g/mol. The Kier molecular flexibility index (Phi) is 5.96. The van der Waals surface area contributed by atoms with Crippen molar-refractivity contribution >= 4 is 23.4 Å². The van der Waals surface area contributed by atoms with Gasteiger partial charge in [0.05, 0.1) is 5.25 Å². The van der Waals surface area contributed by atoms with Gasteiger partial charge in [-0.2, -0.15) is 0 Å². The smallest absolute Gasteiger partial charge is 0.240 e. The number of aryl methyl sites for hydroxylation is 1. The van der Waals surface area contributed by atoms with Crippen LogP contribution in [0.15, 0.2) is 59.8 Å². The number of rotatable bonds is 6. The molecule has 2 aromatic carbocycles. The molecule has 6 heteroatoms. The van der Waals surface area contributed by atoms with Gasteiger partial charge in [0.1, 0.15) is 0 Å². The molecule has 0 radical (unpaired) electrons. The molecule has 0 aliphatic carbocycles. The van der Waals surface area contributed by atoms with E-state index in [0.717, 1.165) is 22.2 Å². The van der Waals surface area contributed by atoms with Crippen molar-refractivity contribution < 1.29 is 4.79 Å². The van der Waals surface area contributed by atoms with Gasteiger partial charge in [-0.1, -0.05) is 59.8 Å². The highest BCUT2D eigenvalue weighted by atomic mass is 32.2. The van der Waals surface area contributed by atoms with Gasteiger partial charge in [0, 0.05) is 24.8 Å². The van der Waals surface area contributed by atoms with Gasteiger partial charge >= 0.3 is 0 Å². The molecule has 0 bridgehead atoms. The second kappa shape index (κ2) is 8.39. The van der Waals surface area contributed by atoms with Crippen LogP contribution in [0.2, 0.25) is 0 Å². The van der Waals surface area contributed by atoms with Crippen molar-refractivity contribution in [1.82, 2.24) is 14.8 Å². The Hall–Kier alpha value is -2.60. The predicted octanol–water partition coefficient (Wildman–Crippen LogP) is 4.32. The molecule has 1 aromatic heterocycles. The zero-order chi connectivity index (χ0) is 19.4. The normalized spacial score (nSPS) is 12.0. The van der Waals surface area contributed by atoms with Crippen LogP contribution < -0.4 is 4.90 Å². The summed E-state index contributed by atoms with van der Waals surface area (Å²) in [7, 11) is 1.93. The molecule has 5 nitrogen and oxygen atoms in total. The number of aromatic nitrogens is 3. The summed E-state index contributed by atoms with van der Waals surface area (Å²) in [5, 5.41) is 9.09. The number of carbonyl (C=O) groups is 1. The number of anilines is 1. The molecule has 27 heavy (non-hydrogen) atoms. The van der Waals surface area contributed by atoms with Gasteiger partial charge in [-0.05, 0) is 32.9 Å². The molecule has 1 unspecified atom stereocenters. The van der Waals surface area contributed by atoms with E-state index >= 15 is 0 Å². The molecule has 0 saturated carbocycles. The van der Waals surface area contributed by atoms with Gasteiger partial charge in [0.25, 0.3) is 0 Å². The Morgan fingerprint density at radius 2 is 1.78 bits per heavy atom. The van der Waals surface area contributed by atoms with Crippen molar-refractivity contribution in [2.75, 3.05) is 11.4 Å². The topological polar surface area (TPSA) is 51.0 Å². The second-order valence-corrected chi connectivity index (χ2v) is 7.72. The third kappa shape index (κ3) is 4.22. The number of hydrogen-bond donors (Lipinski definition) is 0. The minimum atomic E-state index is -0.265. The first kappa shape index (κ1) is 19.2. The Morgan fingerprint density at radius 1 is 1.11 bits per heavy atom. The van der Waals surface area contributed by atoms with Crippen LogP contribution in [-0.4, -0.2) is 32.5 Å². The van der Waals surface area contributed by atoms with Crippen molar-refractivity contribution in [3.63, 3.8) is 0 Å². The van der Waals surface area contributed by atoms with Gasteiger partial charge in [0.15, 0.2) is 11.0 Å². The zero-order valence-corrected chi connectivity index (χ0v) is 16.9. The van der Waals surface area contributed by atoms with E-state index in [1.54, 1.807) is 4.90 Å². The van der Waals surface area contributed by atoms with Gasteiger partial charge < -0.3 is 9.47 Å². The number of nitrogens with zero attached hydrogens (tertiary/aromatic N) is 4. The molecule has 0 fully saturated rings. The lowest BCUT2D eigenvalue weighted by atomic mass is 10.1. The van der Waals surface area contributed by atoms with E-state index in [4.69, 9.17) is 0 Å². The molecule has 3 aromatic rings. The number of benzene rings is 2. The lowest BCUT2D eigenvalue weighted by Crippen LogP contribution is -2.36. The molecule has 140 valence electrons. The molecule has 1 heterocycles. The summed E-state index contributed by atoms with van der Waals surface area (Å²) in [5.74, 6) is 0.862. The van der Waals surface area contributed by atoms with Crippen LogP contribution in [0.3, 0.4) is 0 Å². The maximum Gasteiger partial charge on any atom is 0.240 e. The van der Waals surface area contributed by atoms with Crippen LogP contribution in [0.4, 0.5) is 5.69 Å². The zero-order valence-electron chi connectivity index (χ0n) is 16.1. The first-order valence-electron chi connectivity index (χ1n) is 9.00. The van der Waals surface area contributed by atoms with Crippen LogP contribution in [0, 0.1) is 6.92 Å². The number of amides is 1. The highest BCUT2D eigenvalue weighted by Gasteiger charge is 2.24. The van der Waals surface area contributed by atoms with Crippen molar-refractivity contribution in [3.8, 4) is 11.4 Å². The van der Waals surface area contributed by atoms with Crippen LogP contribution in [0.1, 0.15) is 19.4 Å². The standard InChI is InChI=1S/C21H24N4OS/c1-5-25(18-9-7-6-8-10-18)20(26)16(3)27-21-23-22-19(24(21)4)17-13-11-15(2)12-14-17/h6-14,16H,5H2,1-4H3. The molecular formula is C21H24N4OS. The summed E-state index contributed by atoms with van der Waals surface area (Å²) in [5.41, 5.74) is 3.13. The predicted molar refractivity (Wildman–Crippen MR) is 111 cm³/mol. The summed E-state index contributed by atoms with van der Waals surface area (Å²) in [4.78, 5) is 14.8. The summed E-state index contributed by atoms with van der Waals surface area (Å²) in [6.07, 6.45) is 0. The lowest BCUT2D eigenvalue weighted by Gasteiger charge is -2.24. The van der Waals surface area contributed by atoms with E-state index in [0.29, 0.717) is 6.54 Å². The first-order valence-corrected chi connectivity index (χ1v) is 9.88. The molecule has 1 atom stereocenters. The highest BCUT2D eigenvalue weighted by Crippen LogP contribution is 2.27. The van der Waals surface area contributed by atoms with Gasteiger partial charge in [-0.25, -0.2) is 0 Å². The van der Waals surface area contributed by atoms with Gasteiger partial charge in [-0.15, -0.1) is 10.2 Å². The molecule has 3 rings (SSSR count). The second-order valence-electron chi connectivity index (χ2n) is 6.41. The molecule has 0 aliphatic rings.